The van der Waals surface area contributed by atoms with Gasteiger partial charge in [-0.1, -0.05) is 106 Å². The Bertz CT molecular complexity index is 4040. The highest BCUT2D eigenvalue weighted by molar-refractivity contribution is 7.92. The molecule has 4 atom stereocenters. The average molecular weight is 1250 g/mol. The largest absolute Gasteiger partial charge is 0.354 e. The van der Waals surface area contributed by atoms with Gasteiger partial charge >= 0.3 is 0 Å². The minimum absolute atomic E-state index is 0.0214. The highest BCUT2D eigenvalue weighted by Crippen LogP contribution is 2.36. The van der Waals surface area contributed by atoms with Gasteiger partial charge in [0.2, 0.25) is 14.2 Å². The molecule has 0 spiro atoms. The molecule has 0 unspecified atom stereocenters. The average Bonchev–Trinajstić information content (AvgIpc) is 2.32. The molecule has 17 nitrogen and oxygen atoms in total. The number of thiophene rings is 2. The second-order valence-electron chi connectivity index (χ2n) is 22.7. The molecule has 0 radical (unpaired) electrons. The Balaban J connectivity index is 0.000000138. The molecule has 4 aromatic heterocycles. The lowest BCUT2D eigenvalue weighted by Crippen LogP contribution is -2.28. The molecule has 21 heteroatoms. The van der Waals surface area contributed by atoms with Gasteiger partial charge in [-0.25, -0.2) is 13.4 Å². The molecule has 0 saturated carbocycles. The van der Waals surface area contributed by atoms with E-state index in [4.69, 9.17) is 0 Å². The number of thiazole rings is 1. The molecule has 4 aromatic carbocycles. The number of nitrogens with zero attached hydrogens (tertiary/aromatic N) is 4. The smallest absolute Gasteiger partial charge is 0.270 e. The third-order valence-electron chi connectivity index (χ3n) is 15.7. The number of fused-ring (bicyclic) bond motifs is 4. The molecule has 0 bridgehead atoms. The Labute approximate surface area is 520 Å². The Kier molecular flexibility index (Phi) is 19.9. The van der Waals surface area contributed by atoms with Gasteiger partial charge in [-0.05, 0) is 161 Å². The van der Waals surface area contributed by atoms with Crippen LogP contribution in [0, 0.1) is 34.6 Å². The van der Waals surface area contributed by atoms with Crippen molar-refractivity contribution >= 4 is 79.3 Å². The molecule has 8 aromatic rings. The van der Waals surface area contributed by atoms with E-state index in [0.29, 0.717) is 30.1 Å². The normalized spacial score (nSPS) is 16.6. The molecule has 12 rings (SSSR count). The fourth-order valence-corrected chi connectivity index (χ4v) is 14.8. The Morgan fingerprint density at radius 3 is 1.20 bits per heavy atom. The lowest BCUT2D eigenvalue weighted by atomic mass is 10.1. The van der Waals surface area contributed by atoms with E-state index in [9.17, 15) is 37.2 Å². The molecular weight excluding hydrogens is 1180 g/mol. The minimum Gasteiger partial charge on any atom is -0.354 e. The summed E-state index contributed by atoms with van der Waals surface area (Å²) in [6.45, 7) is 10.2. The first-order valence-electron chi connectivity index (χ1n) is 28.8. The molecule has 0 fully saturated rings. The van der Waals surface area contributed by atoms with E-state index in [2.05, 4.69) is 131 Å². The van der Waals surface area contributed by atoms with Gasteiger partial charge in [-0.15, -0.1) is 22.7 Å². The summed E-state index contributed by atoms with van der Waals surface area (Å²) in [6, 6.07) is 34.3. The van der Waals surface area contributed by atoms with E-state index in [1.165, 1.54) is 95.0 Å². The standard InChI is InChI=1S/C18H20N2O2S.C17H18N2O2S.C16H19N3O.C15H16N2O3S2/c1-11-4-6-13-12(10-11)5-7-14(13)19-17(21)15-8-9-16(23-15)18(22)20(2)3;1-10-3-5-12-11(9-10)4-6-13(12)19-17(21)15-8-7-14(22-15)16(20)18-2;1-10-4-6-13-12(8-10)5-7-14(13)17-16(20)15-9-11(2)18-19(15)3;1-9-3-5-11-10(7-9)4-6-12(11)17-14(18)13-8-16-15(21-13)22(2,19)20/h4,6,8-10,14H,5,7H2,1-3H3,(H,19,21);3,5,7-9,13H,4,6H2,1-2H3,(H,18,20)(H,19,21);4,6,8-9,14H,5,7H2,1-3H3,(H,17,20);3,5,7-8,12H,4,6H2,1-2H3,(H,17,18)/t14-;13-;14-;12-/m1111/s1. The fraction of sp³-hybridized carbons (Fsp3) is 0.333. The fourth-order valence-electron chi connectivity index (χ4n) is 11.4. The summed E-state index contributed by atoms with van der Waals surface area (Å²) < 4.78 is 24.5. The monoisotopic (exact) mass is 1250 g/mol. The second-order valence-corrected chi connectivity index (χ2v) is 28.1. The van der Waals surface area contributed by atoms with Crippen molar-refractivity contribution in [2.45, 2.75) is 114 Å². The maximum Gasteiger partial charge on any atom is 0.270 e. The highest BCUT2D eigenvalue weighted by Gasteiger charge is 2.30. The van der Waals surface area contributed by atoms with Crippen molar-refractivity contribution in [1.82, 2.24) is 46.2 Å². The van der Waals surface area contributed by atoms with Gasteiger partial charge in [0.05, 0.1) is 55.6 Å². The summed E-state index contributed by atoms with van der Waals surface area (Å²) >= 11 is 3.36. The van der Waals surface area contributed by atoms with Crippen LogP contribution >= 0.6 is 34.0 Å². The first-order valence-corrected chi connectivity index (χ1v) is 33.2. The quantitative estimate of drug-likeness (QED) is 0.0822. The van der Waals surface area contributed by atoms with Crippen LogP contribution in [-0.2, 0) is 42.6 Å². The van der Waals surface area contributed by atoms with Crippen LogP contribution in [0.4, 0.5) is 0 Å². The molecular formula is C66H73N9O8S4. The van der Waals surface area contributed by atoms with Gasteiger partial charge in [-0.3, -0.25) is 33.4 Å². The van der Waals surface area contributed by atoms with Crippen molar-refractivity contribution in [1.29, 1.82) is 0 Å². The molecule has 0 saturated heterocycles. The number of carbonyl (C=O) groups excluding carboxylic acids is 6. The number of aromatic nitrogens is 3. The SMILES string of the molecule is CNC(=O)c1ccc(C(=O)N[C@@H]2CCc3cc(C)ccc32)s1.Cc1ccc2c(c1)CC[C@H]2NC(=O)c1cc(C)nn1C.Cc1ccc2c(c1)CC[C@H]2NC(=O)c1ccc(C(=O)N(C)C)s1.Cc1ccc2c(c1)CC[C@H]2NC(=O)c1cnc(S(C)(=O)=O)s1. The zero-order chi connectivity index (χ0) is 62.4. The van der Waals surface area contributed by atoms with Crippen LogP contribution in [0.2, 0.25) is 0 Å². The second kappa shape index (κ2) is 27.3. The number of carbonyl (C=O) groups is 6. The lowest BCUT2D eigenvalue weighted by molar-refractivity contribution is 0.0830. The molecule has 6 amide bonds. The summed E-state index contributed by atoms with van der Waals surface area (Å²) in [7, 11) is 3.43. The molecule has 454 valence electrons. The number of sulfone groups is 1. The number of benzene rings is 4. The first kappa shape index (κ1) is 63.4. The van der Waals surface area contributed by atoms with E-state index in [0.717, 1.165) is 80.2 Å². The molecule has 87 heavy (non-hydrogen) atoms. The van der Waals surface area contributed by atoms with Crippen molar-refractivity contribution in [2.24, 2.45) is 7.05 Å². The van der Waals surface area contributed by atoms with Crippen LogP contribution < -0.4 is 26.6 Å². The van der Waals surface area contributed by atoms with Crippen molar-refractivity contribution in [2.75, 3.05) is 27.4 Å². The summed E-state index contributed by atoms with van der Waals surface area (Å²) in [5.74, 6) is -0.774. The van der Waals surface area contributed by atoms with Gasteiger partial charge in [0.15, 0.2) is 0 Å². The summed E-state index contributed by atoms with van der Waals surface area (Å²) in [4.78, 5) is 80.9. The molecule has 4 aliphatic carbocycles. The summed E-state index contributed by atoms with van der Waals surface area (Å²) in [5, 5.41) is 19.1. The van der Waals surface area contributed by atoms with Crippen molar-refractivity contribution < 1.29 is 37.2 Å². The van der Waals surface area contributed by atoms with Crippen LogP contribution in [0.3, 0.4) is 0 Å². The van der Waals surface area contributed by atoms with Gasteiger partial charge in [0, 0.05) is 34.4 Å². The third kappa shape index (κ3) is 15.4. The van der Waals surface area contributed by atoms with Crippen LogP contribution in [0.5, 0.6) is 0 Å². The van der Waals surface area contributed by atoms with Crippen molar-refractivity contribution in [3.8, 4) is 0 Å². The Morgan fingerprint density at radius 1 is 0.494 bits per heavy atom. The van der Waals surface area contributed by atoms with E-state index in [1.807, 2.05) is 19.1 Å². The highest BCUT2D eigenvalue weighted by atomic mass is 32.2. The van der Waals surface area contributed by atoms with E-state index < -0.39 is 9.84 Å². The van der Waals surface area contributed by atoms with Gasteiger partial charge in [0.1, 0.15) is 10.6 Å². The molecule has 5 N–H and O–H groups in total. The maximum absolute atomic E-state index is 12.5. The Hall–Kier alpha value is -8.11. The van der Waals surface area contributed by atoms with Crippen molar-refractivity contribution in [3.05, 3.63) is 212 Å². The van der Waals surface area contributed by atoms with E-state index >= 15 is 0 Å². The summed E-state index contributed by atoms with van der Waals surface area (Å²) in [5.41, 5.74) is 16.6. The zero-order valence-corrected chi connectivity index (χ0v) is 53.8. The van der Waals surface area contributed by atoms with Crippen LogP contribution in [0.15, 0.2) is 114 Å². The van der Waals surface area contributed by atoms with E-state index in [1.54, 1.807) is 57.1 Å². The predicted molar refractivity (Wildman–Crippen MR) is 342 cm³/mol. The number of aryl methyl sites for hydroxylation is 10. The van der Waals surface area contributed by atoms with Gasteiger partial charge in [0.25, 0.3) is 35.4 Å². The van der Waals surface area contributed by atoms with Gasteiger partial charge < -0.3 is 31.5 Å². The van der Waals surface area contributed by atoms with E-state index in [-0.39, 0.29) is 64.0 Å². The molecule has 4 heterocycles. The van der Waals surface area contributed by atoms with Crippen molar-refractivity contribution in [3.63, 3.8) is 0 Å². The lowest BCUT2D eigenvalue weighted by Gasteiger charge is -2.14. The van der Waals surface area contributed by atoms with Crippen LogP contribution in [0.1, 0.15) is 181 Å². The van der Waals surface area contributed by atoms with Crippen LogP contribution in [-0.4, -0.2) is 90.9 Å². The molecule has 0 aliphatic heterocycles. The number of hydrogen-bond acceptors (Lipinski definition) is 13. The van der Waals surface area contributed by atoms with Crippen LogP contribution in [0.25, 0.3) is 0 Å². The maximum atomic E-state index is 12.5. The predicted octanol–water partition coefficient (Wildman–Crippen LogP) is 10.7. The third-order valence-corrected chi connectivity index (χ3v) is 20.6. The van der Waals surface area contributed by atoms with Gasteiger partial charge in [-0.2, -0.15) is 5.10 Å². The number of nitrogens with one attached hydrogen (secondary N) is 5. The zero-order valence-electron chi connectivity index (χ0n) is 50.5. The minimum atomic E-state index is -3.37. The number of rotatable bonds is 11. The topological polar surface area (TPSA) is 231 Å². The number of amides is 6. The number of hydrogen-bond donors (Lipinski definition) is 5. The summed E-state index contributed by atoms with van der Waals surface area (Å²) in [6.07, 6.45) is 10.1. The Morgan fingerprint density at radius 2 is 0.851 bits per heavy atom. The first-order chi connectivity index (χ1) is 41.4. The molecule has 4 aliphatic rings.